The molecule has 3 heterocycles. The maximum absolute atomic E-state index is 12.5. The number of thiophene rings is 1. The van der Waals surface area contributed by atoms with Crippen molar-refractivity contribution >= 4 is 17.2 Å². The molecule has 2 saturated heterocycles. The number of fused-ring (bicyclic) bond motifs is 1. The number of likely N-dealkylation sites (tertiary alicyclic amines) is 1. The fourth-order valence-corrected chi connectivity index (χ4v) is 3.73. The number of rotatable bonds is 1. The van der Waals surface area contributed by atoms with Crippen LogP contribution in [0.4, 0.5) is 0 Å². The van der Waals surface area contributed by atoms with Gasteiger partial charge in [-0.15, -0.1) is 11.3 Å². The number of hydrogen-bond acceptors (Lipinski definition) is 4. The number of carbonyl (C=O) groups excluding carboxylic acids is 1. The van der Waals surface area contributed by atoms with Crippen LogP contribution < -0.4 is 5.32 Å². The highest BCUT2D eigenvalue weighted by Crippen LogP contribution is 2.29. The summed E-state index contributed by atoms with van der Waals surface area (Å²) in [6.07, 6.45) is 2.31. The molecule has 18 heavy (non-hydrogen) atoms. The van der Waals surface area contributed by atoms with Gasteiger partial charge in [-0.2, -0.15) is 5.26 Å². The first-order chi connectivity index (χ1) is 8.79. The van der Waals surface area contributed by atoms with Gasteiger partial charge in [0.2, 0.25) is 0 Å². The largest absolute Gasteiger partial charge is 0.333 e. The quantitative estimate of drug-likeness (QED) is 0.832. The van der Waals surface area contributed by atoms with Crippen molar-refractivity contribution in [3.63, 3.8) is 0 Å². The molecule has 0 aliphatic carbocycles. The van der Waals surface area contributed by atoms with Crippen LogP contribution in [-0.2, 0) is 0 Å². The molecular weight excluding hydrogens is 246 g/mol. The summed E-state index contributed by atoms with van der Waals surface area (Å²) in [5.41, 5.74) is 0. The standard InChI is InChI=1S/C13H15N3OS/c14-6-10-3-4-12(18-10)13(17)16-5-1-2-9-7-15-8-11(9)16/h3-4,9,11,15H,1-2,5,7-8H2/t9?,11-/m0/s1. The van der Waals surface area contributed by atoms with Crippen molar-refractivity contribution < 1.29 is 4.79 Å². The van der Waals surface area contributed by atoms with E-state index in [1.54, 1.807) is 12.1 Å². The summed E-state index contributed by atoms with van der Waals surface area (Å²) < 4.78 is 0. The molecule has 0 radical (unpaired) electrons. The molecule has 1 aromatic heterocycles. The number of nitrogens with one attached hydrogen (secondary N) is 1. The van der Waals surface area contributed by atoms with Crippen LogP contribution in [0.3, 0.4) is 0 Å². The molecule has 4 nitrogen and oxygen atoms in total. The van der Waals surface area contributed by atoms with E-state index in [-0.39, 0.29) is 5.91 Å². The minimum absolute atomic E-state index is 0.0971. The number of hydrogen-bond donors (Lipinski definition) is 1. The Morgan fingerprint density at radius 1 is 1.50 bits per heavy atom. The summed E-state index contributed by atoms with van der Waals surface area (Å²) in [6, 6.07) is 5.94. The molecular formula is C13H15N3OS. The average Bonchev–Trinajstić information content (AvgIpc) is 3.05. The Morgan fingerprint density at radius 3 is 3.17 bits per heavy atom. The van der Waals surface area contributed by atoms with E-state index in [2.05, 4.69) is 11.4 Å². The van der Waals surface area contributed by atoms with Gasteiger partial charge in [-0.1, -0.05) is 0 Å². The van der Waals surface area contributed by atoms with Gasteiger partial charge in [-0.25, -0.2) is 0 Å². The van der Waals surface area contributed by atoms with Crippen molar-refractivity contribution in [1.82, 2.24) is 10.2 Å². The molecule has 2 atom stereocenters. The van der Waals surface area contributed by atoms with Gasteiger partial charge in [0.25, 0.3) is 5.91 Å². The van der Waals surface area contributed by atoms with Crippen LogP contribution in [-0.4, -0.2) is 36.5 Å². The third kappa shape index (κ3) is 1.92. The smallest absolute Gasteiger partial charge is 0.264 e. The van der Waals surface area contributed by atoms with Gasteiger partial charge in [0, 0.05) is 25.7 Å². The Morgan fingerprint density at radius 2 is 2.39 bits per heavy atom. The van der Waals surface area contributed by atoms with E-state index < -0.39 is 0 Å². The molecule has 0 aromatic carbocycles. The second kappa shape index (κ2) is 4.71. The fourth-order valence-electron chi connectivity index (χ4n) is 2.97. The zero-order chi connectivity index (χ0) is 12.5. The zero-order valence-corrected chi connectivity index (χ0v) is 10.9. The zero-order valence-electron chi connectivity index (χ0n) is 10.1. The van der Waals surface area contributed by atoms with Crippen molar-refractivity contribution in [1.29, 1.82) is 5.26 Å². The molecule has 3 rings (SSSR count). The van der Waals surface area contributed by atoms with Crippen LogP contribution >= 0.6 is 11.3 Å². The number of amides is 1. The predicted octanol–water partition coefficient (Wildman–Crippen LogP) is 1.44. The van der Waals surface area contributed by atoms with Gasteiger partial charge in [0.1, 0.15) is 10.9 Å². The number of nitriles is 1. The van der Waals surface area contributed by atoms with Crippen molar-refractivity contribution in [2.75, 3.05) is 19.6 Å². The lowest BCUT2D eigenvalue weighted by molar-refractivity contribution is 0.0580. The van der Waals surface area contributed by atoms with Crippen molar-refractivity contribution in [3.05, 3.63) is 21.9 Å². The normalized spacial score (nSPS) is 26.7. The Bertz CT molecular complexity index is 505. The minimum Gasteiger partial charge on any atom is -0.333 e. The lowest BCUT2D eigenvalue weighted by atomic mass is 9.92. The third-order valence-electron chi connectivity index (χ3n) is 3.87. The van der Waals surface area contributed by atoms with Crippen LogP contribution in [0.5, 0.6) is 0 Å². The molecule has 94 valence electrons. The predicted molar refractivity (Wildman–Crippen MR) is 69.5 cm³/mol. The van der Waals surface area contributed by atoms with Crippen molar-refractivity contribution in [2.45, 2.75) is 18.9 Å². The highest BCUT2D eigenvalue weighted by atomic mass is 32.1. The summed E-state index contributed by atoms with van der Waals surface area (Å²) >= 11 is 1.30. The van der Waals surface area contributed by atoms with Gasteiger partial charge in [0.05, 0.1) is 4.88 Å². The molecule has 2 fully saturated rings. The summed E-state index contributed by atoms with van der Waals surface area (Å²) in [6.45, 7) is 2.79. The molecule has 1 amide bonds. The third-order valence-corrected chi connectivity index (χ3v) is 4.84. The Balaban J connectivity index is 1.81. The van der Waals surface area contributed by atoms with E-state index in [1.165, 1.54) is 17.8 Å². The van der Waals surface area contributed by atoms with Gasteiger partial charge >= 0.3 is 0 Å². The molecule has 0 bridgehead atoms. The van der Waals surface area contributed by atoms with E-state index in [0.29, 0.717) is 21.7 Å². The van der Waals surface area contributed by atoms with E-state index in [0.717, 1.165) is 26.1 Å². The average molecular weight is 261 g/mol. The SMILES string of the molecule is N#Cc1ccc(C(=O)N2CCCC3CNC[C@@H]32)s1. The van der Waals surface area contributed by atoms with Crippen molar-refractivity contribution in [3.8, 4) is 6.07 Å². The molecule has 1 unspecified atom stereocenters. The highest BCUT2D eigenvalue weighted by Gasteiger charge is 2.37. The van der Waals surface area contributed by atoms with Crippen LogP contribution in [0.2, 0.25) is 0 Å². The lowest BCUT2D eigenvalue weighted by Gasteiger charge is -2.36. The van der Waals surface area contributed by atoms with Gasteiger partial charge in [0.15, 0.2) is 0 Å². The summed E-state index contributed by atoms with van der Waals surface area (Å²) in [5, 5.41) is 12.2. The van der Waals surface area contributed by atoms with E-state index in [9.17, 15) is 4.79 Å². The molecule has 0 saturated carbocycles. The first kappa shape index (κ1) is 11.7. The Hall–Kier alpha value is -1.38. The minimum atomic E-state index is 0.0971. The highest BCUT2D eigenvalue weighted by molar-refractivity contribution is 7.14. The second-order valence-corrected chi connectivity index (χ2v) is 5.99. The Kier molecular flexibility index (Phi) is 3.06. The first-order valence-corrected chi connectivity index (χ1v) is 7.13. The summed E-state index contributed by atoms with van der Waals surface area (Å²) in [5.74, 6) is 0.706. The van der Waals surface area contributed by atoms with Crippen LogP contribution in [0, 0.1) is 17.2 Å². The molecule has 2 aliphatic heterocycles. The maximum atomic E-state index is 12.5. The van der Waals surface area contributed by atoms with Gasteiger partial charge < -0.3 is 10.2 Å². The monoisotopic (exact) mass is 261 g/mol. The van der Waals surface area contributed by atoms with E-state index in [4.69, 9.17) is 5.26 Å². The van der Waals surface area contributed by atoms with E-state index >= 15 is 0 Å². The number of carbonyl (C=O) groups is 1. The topological polar surface area (TPSA) is 56.1 Å². The van der Waals surface area contributed by atoms with Crippen LogP contribution in [0.25, 0.3) is 0 Å². The molecule has 5 heteroatoms. The number of nitrogens with zero attached hydrogens (tertiary/aromatic N) is 2. The van der Waals surface area contributed by atoms with Gasteiger partial charge in [-0.05, 0) is 30.9 Å². The first-order valence-electron chi connectivity index (χ1n) is 6.31. The molecule has 1 N–H and O–H groups in total. The molecule has 2 aliphatic rings. The lowest BCUT2D eigenvalue weighted by Crippen LogP contribution is -2.48. The fraction of sp³-hybridized carbons (Fsp3) is 0.538. The van der Waals surface area contributed by atoms with E-state index in [1.807, 2.05) is 4.90 Å². The number of piperidine rings is 1. The maximum Gasteiger partial charge on any atom is 0.264 e. The molecule has 1 aromatic rings. The van der Waals surface area contributed by atoms with Gasteiger partial charge in [-0.3, -0.25) is 4.79 Å². The summed E-state index contributed by atoms with van der Waals surface area (Å²) in [4.78, 5) is 15.8. The van der Waals surface area contributed by atoms with Crippen LogP contribution in [0.1, 0.15) is 27.4 Å². The Labute approximate surface area is 110 Å². The van der Waals surface area contributed by atoms with Crippen LogP contribution in [0.15, 0.2) is 12.1 Å². The summed E-state index contributed by atoms with van der Waals surface area (Å²) in [7, 11) is 0. The second-order valence-electron chi connectivity index (χ2n) is 4.90. The molecule has 0 spiro atoms. The van der Waals surface area contributed by atoms with Crippen molar-refractivity contribution in [2.24, 2.45) is 5.92 Å².